The number of amides is 1. The molecule has 1 aromatic heterocycles. The lowest BCUT2D eigenvalue weighted by molar-refractivity contribution is -0.132. The largest absolute Gasteiger partial charge is 0.484 e. The molecule has 3 aromatic rings. The lowest BCUT2D eigenvalue weighted by Crippen LogP contribution is -2.30. The molecule has 1 amide bonds. The fraction of sp³-hybridized carbons (Fsp3) is 0.273. The molecule has 0 unspecified atom stereocenters. The number of rotatable bonds is 6. The van der Waals surface area contributed by atoms with E-state index in [2.05, 4.69) is 0 Å². The van der Waals surface area contributed by atoms with Gasteiger partial charge in [-0.25, -0.2) is 4.79 Å². The minimum atomic E-state index is -0.384. The van der Waals surface area contributed by atoms with E-state index in [-0.39, 0.29) is 18.1 Å². The topological polar surface area (TPSA) is 59.8 Å². The number of aryl methyl sites for hydroxylation is 2. The van der Waals surface area contributed by atoms with E-state index in [0.717, 1.165) is 22.9 Å². The van der Waals surface area contributed by atoms with Crippen LogP contribution in [0.4, 0.5) is 0 Å². The van der Waals surface area contributed by atoms with Crippen LogP contribution in [0.2, 0.25) is 0 Å². The van der Waals surface area contributed by atoms with Gasteiger partial charge in [0, 0.05) is 31.1 Å². The summed E-state index contributed by atoms with van der Waals surface area (Å²) in [7, 11) is 1.75. The van der Waals surface area contributed by atoms with Crippen LogP contribution in [-0.4, -0.2) is 24.5 Å². The summed E-state index contributed by atoms with van der Waals surface area (Å²) in [4.78, 5) is 25.6. The fourth-order valence-electron chi connectivity index (χ4n) is 2.90. The second-order valence-corrected chi connectivity index (χ2v) is 6.63. The summed E-state index contributed by atoms with van der Waals surface area (Å²) in [6, 6.07) is 14.9. The summed E-state index contributed by atoms with van der Waals surface area (Å²) in [6.45, 7) is 4.46. The molecule has 27 heavy (non-hydrogen) atoms. The molecule has 140 valence electrons. The lowest BCUT2D eigenvalue weighted by atomic mass is 10.1. The molecule has 0 fully saturated rings. The van der Waals surface area contributed by atoms with E-state index in [9.17, 15) is 9.59 Å². The minimum Gasteiger partial charge on any atom is -0.484 e. The monoisotopic (exact) mass is 365 g/mol. The fourth-order valence-corrected chi connectivity index (χ4v) is 2.90. The predicted octanol–water partition coefficient (Wildman–Crippen LogP) is 3.70. The molecule has 0 saturated heterocycles. The van der Waals surface area contributed by atoms with Gasteiger partial charge in [0.1, 0.15) is 11.3 Å². The summed E-state index contributed by atoms with van der Waals surface area (Å²) in [5.74, 6) is 0.371. The van der Waals surface area contributed by atoms with Crippen LogP contribution in [0.5, 0.6) is 5.75 Å². The number of benzene rings is 2. The van der Waals surface area contributed by atoms with Crippen LogP contribution < -0.4 is 10.4 Å². The van der Waals surface area contributed by atoms with Gasteiger partial charge in [0.25, 0.3) is 5.91 Å². The maximum atomic E-state index is 12.3. The van der Waals surface area contributed by atoms with E-state index in [1.807, 2.05) is 44.2 Å². The van der Waals surface area contributed by atoms with Crippen LogP contribution in [0.3, 0.4) is 0 Å². The number of ether oxygens (including phenoxy) is 1. The van der Waals surface area contributed by atoms with Gasteiger partial charge in [-0.3, -0.25) is 4.79 Å². The molecular weight excluding hydrogens is 342 g/mol. The van der Waals surface area contributed by atoms with Gasteiger partial charge >= 0.3 is 5.63 Å². The van der Waals surface area contributed by atoms with Crippen molar-refractivity contribution in [1.29, 1.82) is 0 Å². The van der Waals surface area contributed by atoms with Gasteiger partial charge in [0.15, 0.2) is 6.61 Å². The summed E-state index contributed by atoms with van der Waals surface area (Å²) in [5, 5.41) is 0.882. The second kappa shape index (κ2) is 8.08. The third kappa shape index (κ3) is 4.56. The number of nitrogens with zero attached hydrogens (tertiary/aromatic N) is 1. The maximum Gasteiger partial charge on any atom is 0.336 e. The van der Waals surface area contributed by atoms with E-state index < -0.39 is 0 Å². The van der Waals surface area contributed by atoms with Crippen LogP contribution in [0.1, 0.15) is 23.6 Å². The molecule has 0 atom stereocenters. The molecule has 0 saturated carbocycles. The Kier molecular flexibility index (Phi) is 5.60. The van der Waals surface area contributed by atoms with Crippen LogP contribution in [0.15, 0.2) is 57.7 Å². The summed E-state index contributed by atoms with van der Waals surface area (Å²) in [5.41, 5.74) is 3.27. The minimum absolute atomic E-state index is 0.0778. The number of hydrogen-bond donors (Lipinski definition) is 0. The Bertz CT molecular complexity index is 1000. The highest BCUT2D eigenvalue weighted by Crippen LogP contribution is 2.23. The molecule has 3 rings (SSSR count). The highest BCUT2D eigenvalue weighted by Gasteiger charge is 2.11. The first kappa shape index (κ1) is 18.7. The van der Waals surface area contributed by atoms with E-state index in [0.29, 0.717) is 17.9 Å². The molecule has 0 bridgehead atoms. The maximum absolute atomic E-state index is 12.3. The van der Waals surface area contributed by atoms with Gasteiger partial charge in [-0.05, 0) is 36.6 Å². The van der Waals surface area contributed by atoms with Gasteiger partial charge < -0.3 is 14.1 Å². The second-order valence-electron chi connectivity index (χ2n) is 6.63. The highest BCUT2D eigenvalue weighted by molar-refractivity contribution is 5.82. The van der Waals surface area contributed by atoms with Crippen molar-refractivity contribution in [3.63, 3.8) is 0 Å². The van der Waals surface area contributed by atoms with Crippen molar-refractivity contribution in [2.24, 2.45) is 0 Å². The molecule has 0 N–H and O–H groups in total. The third-order valence-electron chi connectivity index (χ3n) is 4.51. The van der Waals surface area contributed by atoms with Crippen molar-refractivity contribution in [3.05, 3.63) is 75.6 Å². The first-order valence-corrected chi connectivity index (χ1v) is 8.95. The SMILES string of the molecule is CCc1cc(=O)oc2cc(OCC(=O)N(C)Cc3ccc(C)cc3)ccc12. The number of carbonyl (C=O) groups is 1. The third-order valence-corrected chi connectivity index (χ3v) is 4.51. The summed E-state index contributed by atoms with van der Waals surface area (Å²) >= 11 is 0. The molecule has 1 heterocycles. The molecule has 0 aliphatic heterocycles. The van der Waals surface area contributed by atoms with Crippen LogP contribution in [0, 0.1) is 6.92 Å². The predicted molar refractivity (Wildman–Crippen MR) is 105 cm³/mol. The summed E-state index contributed by atoms with van der Waals surface area (Å²) < 4.78 is 10.9. The Hall–Kier alpha value is -3.08. The average molecular weight is 365 g/mol. The molecule has 5 nitrogen and oxygen atoms in total. The Morgan fingerprint density at radius 3 is 2.56 bits per heavy atom. The Morgan fingerprint density at radius 2 is 1.85 bits per heavy atom. The molecule has 0 spiro atoms. The van der Waals surface area contributed by atoms with Crippen LogP contribution in [-0.2, 0) is 17.8 Å². The van der Waals surface area contributed by atoms with Gasteiger partial charge in [0.05, 0.1) is 0 Å². The number of hydrogen-bond acceptors (Lipinski definition) is 4. The zero-order valence-electron chi connectivity index (χ0n) is 15.8. The van der Waals surface area contributed by atoms with E-state index >= 15 is 0 Å². The Balaban J connectivity index is 1.66. The highest BCUT2D eigenvalue weighted by atomic mass is 16.5. The van der Waals surface area contributed by atoms with Crippen LogP contribution in [0.25, 0.3) is 11.0 Å². The van der Waals surface area contributed by atoms with Crippen LogP contribution >= 0.6 is 0 Å². The first-order chi connectivity index (χ1) is 13.0. The number of fused-ring (bicyclic) bond motifs is 1. The molecule has 0 aliphatic carbocycles. The summed E-state index contributed by atoms with van der Waals surface area (Å²) in [6.07, 6.45) is 0.741. The zero-order valence-corrected chi connectivity index (χ0v) is 15.8. The average Bonchev–Trinajstić information content (AvgIpc) is 2.66. The van der Waals surface area contributed by atoms with Crippen molar-refractivity contribution in [2.45, 2.75) is 26.8 Å². The van der Waals surface area contributed by atoms with Gasteiger partial charge in [-0.1, -0.05) is 36.8 Å². The molecule has 5 heteroatoms. The van der Waals surface area contributed by atoms with E-state index in [1.54, 1.807) is 24.1 Å². The van der Waals surface area contributed by atoms with Crippen molar-refractivity contribution < 1.29 is 13.9 Å². The molecule has 2 aromatic carbocycles. The molecule has 0 aliphatic rings. The van der Waals surface area contributed by atoms with Gasteiger partial charge in [0.2, 0.25) is 0 Å². The van der Waals surface area contributed by atoms with Crippen molar-refractivity contribution in [2.75, 3.05) is 13.7 Å². The van der Waals surface area contributed by atoms with Gasteiger partial charge in [-0.2, -0.15) is 0 Å². The normalized spacial score (nSPS) is 10.8. The van der Waals surface area contributed by atoms with Crippen molar-refractivity contribution in [3.8, 4) is 5.75 Å². The van der Waals surface area contributed by atoms with E-state index in [1.165, 1.54) is 11.6 Å². The van der Waals surface area contributed by atoms with Gasteiger partial charge in [-0.15, -0.1) is 0 Å². The van der Waals surface area contributed by atoms with Crippen molar-refractivity contribution >= 4 is 16.9 Å². The van der Waals surface area contributed by atoms with E-state index in [4.69, 9.17) is 9.15 Å². The molecular formula is C22H23NO4. The zero-order chi connectivity index (χ0) is 19.4. The Labute approximate surface area is 158 Å². The lowest BCUT2D eigenvalue weighted by Gasteiger charge is -2.18. The number of carbonyl (C=O) groups excluding carboxylic acids is 1. The molecule has 0 radical (unpaired) electrons. The smallest absolute Gasteiger partial charge is 0.336 e. The first-order valence-electron chi connectivity index (χ1n) is 8.95. The van der Waals surface area contributed by atoms with Crippen molar-refractivity contribution in [1.82, 2.24) is 4.90 Å². The standard InChI is InChI=1S/C22H23NO4/c1-4-17-11-22(25)27-20-12-18(9-10-19(17)20)26-14-21(24)23(3)13-16-7-5-15(2)6-8-16/h5-12H,4,13-14H2,1-3H3. The quantitative estimate of drug-likeness (QED) is 0.625. The Morgan fingerprint density at radius 1 is 1.11 bits per heavy atom. The number of likely N-dealkylation sites (N-methyl/N-ethyl adjacent to an activating group) is 1.